The normalized spacial score (nSPS) is 11.0. The summed E-state index contributed by atoms with van der Waals surface area (Å²) in [4.78, 5) is 25.9. The van der Waals surface area contributed by atoms with Crippen LogP contribution in [0.3, 0.4) is 0 Å². The fourth-order valence-electron chi connectivity index (χ4n) is 2.36. The molecule has 6 heteroatoms. The Morgan fingerprint density at radius 2 is 2.04 bits per heavy atom. The van der Waals surface area contributed by atoms with Gasteiger partial charge in [-0.05, 0) is 33.2 Å². The number of fused-ring (bicyclic) bond motifs is 1. The number of likely N-dealkylation sites (N-methyl/N-ethyl adjacent to an activating group) is 1. The predicted octanol–water partition coefficient (Wildman–Crippen LogP) is 1.08. The van der Waals surface area contributed by atoms with Gasteiger partial charge in [0.1, 0.15) is 5.75 Å². The summed E-state index contributed by atoms with van der Waals surface area (Å²) in [5.41, 5.74) is 0.680. The van der Waals surface area contributed by atoms with E-state index in [-0.39, 0.29) is 18.1 Å². The number of amides is 1. The Hall–Kier alpha value is -2.34. The highest BCUT2D eigenvalue weighted by Crippen LogP contribution is 2.23. The number of rotatable bonds is 7. The second kappa shape index (κ2) is 7.78. The minimum atomic E-state index is -0.199. The van der Waals surface area contributed by atoms with Gasteiger partial charge < -0.3 is 19.5 Å². The highest BCUT2D eigenvalue weighted by molar-refractivity contribution is 5.86. The Kier molecular flexibility index (Phi) is 5.76. The summed E-state index contributed by atoms with van der Waals surface area (Å²) in [7, 11) is 3.88. The van der Waals surface area contributed by atoms with E-state index < -0.39 is 0 Å². The Labute approximate surface area is 135 Å². The third-order valence-corrected chi connectivity index (χ3v) is 3.54. The van der Waals surface area contributed by atoms with E-state index in [0.29, 0.717) is 18.8 Å². The van der Waals surface area contributed by atoms with Gasteiger partial charge in [-0.15, -0.1) is 0 Å². The minimum absolute atomic E-state index is 0.104. The molecule has 23 heavy (non-hydrogen) atoms. The average Bonchev–Trinajstić information content (AvgIpc) is 2.52. The highest BCUT2D eigenvalue weighted by Gasteiger charge is 2.10. The van der Waals surface area contributed by atoms with E-state index in [9.17, 15) is 9.59 Å². The Bertz CT molecular complexity index is 737. The van der Waals surface area contributed by atoms with Gasteiger partial charge in [-0.1, -0.05) is 12.1 Å². The number of nitrogens with zero attached hydrogens (tertiary/aromatic N) is 2. The fourth-order valence-corrected chi connectivity index (χ4v) is 2.36. The van der Waals surface area contributed by atoms with Gasteiger partial charge in [-0.25, -0.2) is 0 Å². The molecule has 1 aromatic heterocycles. The number of benzene rings is 1. The van der Waals surface area contributed by atoms with Crippen LogP contribution in [0.25, 0.3) is 10.9 Å². The first-order valence-electron chi connectivity index (χ1n) is 7.69. The number of ether oxygens (including phenoxy) is 1. The van der Waals surface area contributed by atoms with Crippen LogP contribution in [0, 0.1) is 0 Å². The van der Waals surface area contributed by atoms with Crippen molar-refractivity contribution >= 4 is 16.8 Å². The zero-order chi connectivity index (χ0) is 16.8. The van der Waals surface area contributed by atoms with Crippen molar-refractivity contribution in [2.75, 3.05) is 33.8 Å². The SMILES string of the molecule is CCn1c(=O)cc(OCC(=O)NCCN(C)C)c2ccccc21. The lowest BCUT2D eigenvalue weighted by Gasteiger charge is -2.13. The number of para-hydroxylation sites is 1. The second-order valence-electron chi connectivity index (χ2n) is 5.55. The summed E-state index contributed by atoms with van der Waals surface area (Å²) in [5.74, 6) is 0.244. The van der Waals surface area contributed by atoms with Gasteiger partial charge in [0.15, 0.2) is 6.61 Å². The summed E-state index contributed by atoms with van der Waals surface area (Å²) < 4.78 is 7.26. The van der Waals surface area contributed by atoms with Crippen molar-refractivity contribution in [3.8, 4) is 5.75 Å². The predicted molar refractivity (Wildman–Crippen MR) is 90.9 cm³/mol. The molecule has 0 saturated carbocycles. The van der Waals surface area contributed by atoms with E-state index in [1.165, 1.54) is 6.07 Å². The van der Waals surface area contributed by atoms with Crippen LogP contribution in [0.2, 0.25) is 0 Å². The average molecular weight is 317 g/mol. The van der Waals surface area contributed by atoms with Gasteiger partial charge in [-0.3, -0.25) is 9.59 Å². The van der Waals surface area contributed by atoms with Crippen LogP contribution in [0.15, 0.2) is 35.1 Å². The number of aromatic nitrogens is 1. The molecule has 2 rings (SSSR count). The van der Waals surface area contributed by atoms with Crippen LogP contribution in [0.1, 0.15) is 6.92 Å². The van der Waals surface area contributed by atoms with Crippen molar-refractivity contribution in [2.45, 2.75) is 13.5 Å². The summed E-state index contributed by atoms with van der Waals surface area (Å²) in [6, 6.07) is 8.98. The Balaban J connectivity index is 2.12. The van der Waals surface area contributed by atoms with E-state index in [4.69, 9.17) is 4.74 Å². The molecule has 1 heterocycles. The summed E-state index contributed by atoms with van der Waals surface area (Å²) in [5, 5.41) is 3.61. The van der Waals surface area contributed by atoms with E-state index >= 15 is 0 Å². The van der Waals surface area contributed by atoms with Gasteiger partial charge in [0.2, 0.25) is 0 Å². The third kappa shape index (κ3) is 4.32. The number of hydrogen-bond donors (Lipinski definition) is 1. The molecule has 0 bridgehead atoms. The number of pyridine rings is 1. The lowest BCUT2D eigenvalue weighted by Crippen LogP contribution is -2.34. The van der Waals surface area contributed by atoms with E-state index in [0.717, 1.165) is 17.4 Å². The van der Waals surface area contributed by atoms with Crippen LogP contribution < -0.4 is 15.6 Å². The molecule has 0 unspecified atom stereocenters. The molecule has 0 radical (unpaired) electrons. The van der Waals surface area contributed by atoms with Crippen molar-refractivity contribution in [3.63, 3.8) is 0 Å². The molecule has 1 N–H and O–H groups in total. The number of carbonyl (C=O) groups excluding carboxylic acids is 1. The maximum absolute atomic E-state index is 12.2. The molecule has 1 aromatic carbocycles. The summed E-state index contributed by atoms with van der Waals surface area (Å²) in [6.07, 6.45) is 0. The lowest BCUT2D eigenvalue weighted by atomic mass is 10.2. The second-order valence-corrected chi connectivity index (χ2v) is 5.55. The van der Waals surface area contributed by atoms with Gasteiger partial charge >= 0.3 is 0 Å². The third-order valence-electron chi connectivity index (χ3n) is 3.54. The smallest absolute Gasteiger partial charge is 0.257 e. The van der Waals surface area contributed by atoms with Gasteiger partial charge in [-0.2, -0.15) is 0 Å². The van der Waals surface area contributed by atoms with Gasteiger partial charge in [0, 0.05) is 31.1 Å². The van der Waals surface area contributed by atoms with Crippen molar-refractivity contribution in [1.82, 2.24) is 14.8 Å². The molecular weight excluding hydrogens is 294 g/mol. The quantitative estimate of drug-likeness (QED) is 0.830. The highest BCUT2D eigenvalue weighted by atomic mass is 16.5. The van der Waals surface area contributed by atoms with Crippen LogP contribution in [-0.2, 0) is 11.3 Å². The fraction of sp³-hybridized carbons (Fsp3) is 0.412. The van der Waals surface area contributed by atoms with Crippen LogP contribution in [0.4, 0.5) is 0 Å². The van der Waals surface area contributed by atoms with E-state index in [2.05, 4.69) is 5.32 Å². The van der Waals surface area contributed by atoms with Gasteiger partial charge in [0.25, 0.3) is 11.5 Å². The largest absolute Gasteiger partial charge is 0.483 e. The maximum Gasteiger partial charge on any atom is 0.257 e. The molecule has 2 aromatic rings. The Morgan fingerprint density at radius 1 is 1.30 bits per heavy atom. The maximum atomic E-state index is 12.2. The number of carbonyl (C=O) groups is 1. The van der Waals surface area contributed by atoms with Crippen molar-refractivity contribution in [3.05, 3.63) is 40.7 Å². The first kappa shape index (κ1) is 17.0. The van der Waals surface area contributed by atoms with Crippen LogP contribution in [-0.4, -0.2) is 49.2 Å². The molecule has 0 spiro atoms. The summed E-state index contributed by atoms with van der Waals surface area (Å²) >= 11 is 0. The molecule has 0 aliphatic rings. The zero-order valence-electron chi connectivity index (χ0n) is 13.8. The lowest BCUT2D eigenvalue weighted by molar-refractivity contribution is -0.123. The molecule has 0 aliphatic carbocycles. The van der Waals surface area contributed by atoms with Crippen molar-refractivity contribution < 1.29 is 9.53 Å². The van der Waals surface area contributed by atoms with Crippen molar-refractivity contribution in [1.29, 1.82) is 0 Å². The molecular formula is C17H23N3O3. The molecule has 0 aliphatic heterocycles. The van der Waals surface area contributed by atoms with Gasteiger partial charge in [0.05, 0.1) is 5.52 Å². The molecule has 1 amide bonds. The number of aryl methyl sites for hydroxylation is 1. The topological polar surface area (TPSA) is 63.6 Å². The summed E-state index contributed by atoms with van der Waals surface area (Å²) in [6.45, 7) is 3.73. The molecule has 124 valence electrons. The first-order valence-corrected chi connectivity index (χ1v) is 7.69. The number of nitrogens with one attached hydrogen (secondary N) is 1. The molecule has 6 nitrogen and oxygen atoms in total. The monoisotopic (exact) mass is 317 g/mol. The molecule has 0 atom stereocenters. The number of hydrogen-bond acceptors (Lipinski definition) is 4. The van der Waals surface area contributed by atoms with Crippen LogP contribution in [0.5, 0.6) is 5.75 Å². The minimum Gasteiger partial charge on any atom is -0.483 e. The first-order chi connectivity index (χ1) is 11.0. The zero-order valence-corrected chi connectivity index (χ0v) is 13.8. The molecule has 0 fully saturated rings. The van der Waals surface area contributed by atoms with Crippen LogP contribution >= 0.6 is 0 Å². The van der Waals surface area contributed by atoms with E-state index in [1.807, 2.05) is 50.2 Å². The standard InChI is InChI=1S/C17H23N3O3/c1-4-20-14-8-6-5-7-13(14)15(11-17(20)22)23-12-16(21)18-9-10-19(2)3/h5-8,11H,4,9-10,12H2,1-3H3,(H,18,21). The Morgan fingerprint density at radius 3 is 2.74 bits per heavy atom. The molecule has 0 saturated heterocycles. The van der Waals surface area contributed by atoms with Crippen molar-refractivity contribution in [2.24, 2.45) is 0 Å². The van der Waals surface area contributed by atoms with E-state index in [1.54, 1.807) is 4.57 Å².